The Bertz CT molecular complexity index is 649. The van der Waals surface area contributed by atoms with Crippen LogP contribution in [-0.4, -0.2) is 29.1 Å². The SMILES string of the molecule is CCC(=O)Nc1[nH]ncc1C(=O)NCc1ccc(OC)cc1. The van der Waals surface area contributed by atoms with E-state index in [0.717, 1.165) is 11.3 Å². The highest BCUT2D eigenvalue weighted by molar-refractivity contribution is 6.02. The van der Waals surface area contributed by atoms with E-state index in [1.807, 2.05) is 24.3 Å². The number of benzene rings is 1. The number of carbonyl (C=O) groups is 2. The molecule has 3 N–H and O–H groups in total. The van der Waals surface area contributed by atoms with Gasteiger partial charge >= 0.3 is 0 Å². The van der Waals surface area contributed by atoms with Gasteiger partial charge in [0.15, 0.2) is 0 Å². The summed E-state index contributed by atoms with van der Waals surface area (Å²) >= 11 is 0. The molecular formula is C15H18N4O3. The maximum Gasteiger partial charge on any atom is 0.256 e. The van der Waals surface area contributed by atoms with Crippen molar-refractivity contribution in [3.05, 3.63) is 41.6 Å². The van der Waals surface area contributed by atoms with Crippen molar-refractivity contribution >= 4 is 17.6 Å². The van der Waals surface area contributed by atoms with Crippen LogP contribution in [0.4, 0.5) is 5.82 Å². The number of anilines is 1. The molecule has 1 aromatic heterocycles. The number of nitrogens with one attached hydrogen (secondary N) is 3. The molecule has 0 aliphatic heterocycles. The molecule has 7 nitrogen and oxygen atoms in total. The first-order chi connectivity index (χ1) is 10.6. The lowest BCUT2D eigenvalue weighted by atomic mass is 10.2. The van der Waals surface area contributed by atoms with E-state index in [1.165, 1.54) is 6.20 Å². The molecule has 0 atom stereocenters. The average Bonchev–Trinajstić information content (AvgIpc) is 3.01. The fraction of sp³-hybridized carbons (Fsp3) is 0.267. The minimum atomic E-state index is -0.309. The third-order valence-corrected chi connectivity index (χ3v) is 3.08. The number of hydrogen-bond acceptors (Lipinski definition) is 4. The number of carbonyl (C=O) groups excluding carboxylic acids is 2. The summed E-state index contributed by atoms with van der Waals surface area (Å²) in [4.78, 5) is 23.5. The van der Waals surface area contributed by atoms with Crippen LogP contribution >= 0.6 is 0 Å². The summed E-state index contributed by atoms with van der Waals surface area (Å²) in [7, 11) is 1.60. The van der Waals surface area contributed by atoms with Crippen LogP contribution in [0.3, 0.4) is 0 Å². The van der Waals surface area contributed by atoms with Gasteiger partial charge in [-0.3, -0.25) is 14.7 Å². The van der Waals surface area contributed by atoms with Crippen LogP contribution in [0.1, 0.15) is 29.3 Å². The molecule has 0 radical (unpaired) electrons. The van der Waals surface area contributed by atoms with Crippen molar-refractivity contribution < 1.29 is 14.3 Å². The zero-order chi connectivity index (χ0) is 15.9. The molecular weight excluding hydrogens is 284 g/mol. The number of H-pyrrole nitrogens is 1. The van der Waals surface area contributed by atoms with Gasteiger partial charge in [0.2, 0.25) is 5.91 Å². The molecule has 0 bridgehead atoms. The molecule has 0 fully saturated rings. The van der Waals surface area contributed by atoms with E-state index in [2.05, 4.69) is 20.8 Å². The Labute approximate surface area is 128 Å². The lowest BCUT2D eigenvalue weighted by Gasteiger charge is -2.07. The van der Waals surface area contributed by atoms with Gasteiger partial charge in [-0.1, -0.05) is 19.1 Å². The zero-order valence-electron chi connectivity index (χ0n) is 12.5. The molecule has 0 unspecified atom stereocenters. The van der Waals surface area contributed by atoms with Crippen molar-refractivity contribution in [2.75, 3.05) is 12.4 Å². The lowest BCUT2D eigenvalue weighted by molar-refractivity contribution is -0.115. The van der Waals surface area contributed by atoms with Crippen LogP contribution in [-0.2, 0) is 11.3 Å². The second kappa shape index (κ2) is 7.26. The Morgan fingerprint density at radius 1 is 1.27 bits per heavy atom. The smallest absolute Gasteiger partial charge is 0.256 e. The van der Waals surface area contributed by atoms with Gasteiger partial charge in [-0.15, -0.1) is 0 Å². The molecule has 0 saturated heterocycles. The zero-order valence-corrected chi connectivity index (χ0v) is 12.5. The number of amides is 2. The van der Waals surface area contributed by atoms with E-state index < -0.39 is 0 Å². The molecule has 1 heterocycles. The predicted molar refractivity (Wildman–Crippen MR) is 81.7 cm³/mol. The van der Waals surface area contributed by atoms with Crippen LogP contribution in [0.25, 0.3) is 0 Å². The molecule has 2 aromatic rings. The van der Waals surface area contributed by atoms with Gasteiger partial charge in [-0.25, -0.2) is 0 Å². The average molecular weight is 302 g/mol. The van der Waals surface area contributed by atoms with E-state index >= 15 is 0 Å². The van der Waals surface area contributed by atoms with E-state index in [-0.39, 0.29) is 11.8 Å². The third kappa shape index (κ3) is 3.85. The van der Waals surface area contributed by atoms with E-state index in [4.69, 9.17) is 4.74 Å². The van der Waals surface area contributed by atoms with Crippen LogP contribution in [0.5, 0.6) is 5.75 Å². The van der Waals surface area contributed by atoms with Gasteiger partial charge < -0.3 is 15.4 Å². The molecule has 0 aliphatic rings. The van der Waals surface area contributed by atoms with Crippen molar-refractivity contribution in [3.8, 4) is 5.75 Å². The quantitative estimate of drug-likeness (QED) is 0.756. The first-order valence-corrected chi connectivity index (χ1v) is 6.88. The fourth-order valence-corrected chi connectivity index (χ4v) is 1.80. The number of nitrogens with zero attached hydrogens (tertiary/aromatic N) is 1. The number of hydrogen-bond donors (Lipinski definition) is 3. The van der Waals surface area contributed by atoms with Crippen molar-refractivity contribution in [1.82, 2.24) is 15.5 Å². The number of rotatable bonds is 6. The Kier molecular flexibility index (Phi) is 5.13. The van der Waals surface area contributed by atoms with Gasteiger partial charge in [0.1, 0.15) is 17.1 Å². The molecule has 0 saturated carbocycles. The van der Waals surface area contributed by atoms with E-state index in [1.54, 1.807) is 14.0 Å². The largest absolute Gasteiger partial charge is 0.497 e. The van der Waals surface area contributed by atoms with Crippen LogP contribution < -0.4 is 15.4 Å². The van der Waals surface area contributed by atoms with Gasteiger partial charge in [-0.2, -0.15) is 5.10 Å². The maximum absolute atomic E-state index is 12.1. The number of methoxy groups -OCH3 is 1. The molecule has 1 aromatic carbocycles. The standard InChI is InChI=1S/C15H18N4O3/c1-3-13(20)18-14-12(9-17-19-14)15(21)16-8-10-4-6-11(22-2)7-5-10/h4-7,9H,3,8H2,1-2H3,(H,16,21)(H2,17,18,19,20). The second-order valence-electron chi connectivity index (χ2n) is 4.59. The van der Waals surface area contributed by atoms with Crippen molar-refractivity contribution in [3.63, 3.8) is 0 Å². The lowest BCUT2D eigenvalue weighted by Crippen LogP contribution is -2.24. The minimum Gasteiger partial charge on any atom is -0.497 e. The van der Waals surface area contributed by atoms with Crippen molar-refractivity contribution in [2.24, 2.45) is 0 Å². The summed E-state index contributed by atoms with van der Waals surface area (Å²) in [5.74, 6) is 0.568. The summed E-state index contributed by atoms with van der Waals surface area (Å²) in [6.07, 6.45) is 1.71. The number of aromatic amines is 1. The molecule has 0 aliphatic carbocycles. The monoisotopic (exact) mass is 302 g/mol. The predicted octanol–water partition coefficient (Wildman–Crippen LogP) is 1.70. The normalized spacial score (nSPS) is 10.1. The highest BCUT2D eigenvalue weighted by Gasteiger charge is 2.15. The molecule has 116 valence electrons. The summed E-state index contributed by atoms with van der Waals surface area (Å²) in [6.45, 7) is 2.10. The van der Waals surface area contributed by atoms with Crippen LogP contribution in [0.15, 0.2) is 30.5 Å². The first kappa shape index (κ1) is 15.6. The second-order valence-corrected chi connectivity index (χ2v) is 4.59. The maximum atomic E-state index is 12.1. The summed E-state index contributed by atoms with van der Waals surface area (Å²) in [6, 6.07) is 7.39. The molecule has 2 rings (SSSR count). The summed E-state index contributed by atoms with van der Waals surface area (Å²) < 4.78 is 5.08. The third-order valence-electron chi connectivity index (χ3n) is 3.08. The van der Waals surface area contributed by atoms with Gasteiger partial charge in [0.25, 0.3) is 5.91 Å². The Morgan fingerprint density at radius 2 is 2.00 bits per heavy atom. The van der Waals surface area contributed by atoms with Crippen LogP contribution in [0.2, 0.25) is 0 Å². The topological polar surface area (TPSA) is 96.1 Å². The van der Waals surface area contributed by atoms with Gasteiger partial charge in [0, 0.05) is 13.0 Å². The molecule has 22 heavy (non-hydrogen) atoms. The highest BCUT2D eigenvalue weighted by atomic mass is 16.5. The Morgan fingerprint density at radius 3 is 2.64 bits per heavy atom. The van der Waals surface area contributed by atoms with Gasteiger partial charge in [-0.05, 0) is 17.7 Å². The first-order valence-electron chi connectivity index (χ1n) is 6.88. The van der Waals surface area contributed by atoms with Crippen molar-refractivity contribution in [2.45, 2.75) is 19.9 Å². The minimum absolute atomic E-state index is 0.187. The molecule has 0 spiro atoms. The van der Waals surface area contributed by atoms with Crippen molar-refractivity contribution in [1.29, 1.82) is 0 Å². The molecule has 2 amide bonds. The Hall–Kier alpha value is -2.83. The number of ether oxygens (including phenoxy) is 1. The summed E-state index contributed by atoms with van der Waals surface area (Å²) in [5.41, 5.74) is 1.24. The highest BCUT2D eigenvalue weighted by Crippen LogP contribution is 2.13. The van der Waals surface area contributed by atoms with Crippen LogP contribution in [0, 0.1) is 0 Å². The number of aromatic nitrogens is 2. The van der Waals surface area contributed by atoms with E-state index in [9.17, 15) is 9.59 Å². The molecule has 7 heteroatoms. The van der Waals surface area contributed by atoms with Gasteiger partial charge in [0.05, 0.1) is 13.3 Å². The van der Waals surface area contributed by atoms with E-state index in [0.29, 0.717) is 24.3 Å². The summed E-state index contributed by atoms with van der Waals surface area (Å²) in [5, 5.41) is 11.8. The Balaban J connectivity index is 1.97. The fourth-order valence-electron chi connectivity index (χ4n) is 1.80.